The fraction of sp³-hybridized carbons (Fsp3) is 0.250. The zero-order valence-corrected chi connectivity index (χ0v) is 10.2. The van der Waals surface area contributed by atoms with E-state index in [-0.39, 0.29) is 5.78 Å². The minimum Gasteiger partial charge on any atom is -0.294 e. The van der Waals surface area contributed by atoms with Crippen LogP contribution in [0.25, 0.3) is 0 Å². The predicted octanol–water partition coefficient (Wildman–Crippen LogP) is 3.53. The maximum atomic E-state index is 11.3. The lowest BCUT2D eigenvalue weighted by Crippen LogP contribution is -2.10. The number of rotatable bonds is 2. The first-order valence-corrected chi connectivity index (χ1v) is 5.89. The fourth-order valence-corrected chi connectivity index (χ4v) is 2.09. The molecule has 0 aromatic rings. The van der Waals surface area contributed by atoms with Gasteiger partial charge in [-0.25, -0.2) is 0 Å². The molecule has 0 saturated heterocycles. The van der Waals surface area contributed by atoms with Gasteiger partial charge >= 0.3 is 0 Å². The summed E-state index contributed by atoms with van der Waals surface area (Å²) in [5.74, 6) is 0.933. The van der Waals surface area contributed by atoms with Gasteiger partial charge in [0.05, 0.1) is 5.57 Å². The Kier molecular flexibility index (Phi) is 3.41. The summed E-state index contributed by atoms with van der Waals surface area (Å²) in [5.41, 5.74) is 4.86. The Morgan fingerprint density at radius 3 is 2.71 bits per heavy atom. The molecule has 2 rings (SSSR count). The molecule has 1 heteroatoms. The summed E-state index contributed by atoms with van der Waals surface area (Å²) in [7, 11) is 0. The monoisotopic (exact) mass is 224 g/mol. The van der Waals surface area contributed by atoms with E-state index in [1.54, 1.807) is 6.92 Å². The molecule has 2 aliphatic carbocycles. The van der Waals surface area contributed by atoms with Gasteiger partial charge in [0.25, 0.3) is 0 Å². The van der Waals surface area contributed by atoms with Crippen LogP contribution >= 0.6 is 0 Å². The molecular weight excluding hydrogens is 208 g/mol. The van der Waals surface area contributed by atoms with Crippen molar-refractivity contribution in [2.45, 2.75) is 13.8 Å². The Morgan fingerprint density at radius 1 is 1.24 bits per heavy atom. The molecule has 0 amide bonds. The first kappa shape index (κ1) is 11.6. The van der Waals surface area contributed by atoms with Crippen molar-refractivity contribution >= 4 is 5.78 Å². The number of carbonyl (C=O) groups excluding carboxylic acids is 1. The number of carbonyl (C=O) groups is 1. The van der Waals surface area contributed by atoms with Crippen LogP contribution in [0.2, 0.25) is 0 Å². The second kappa shape index (κ2) is 4.99. The lowest BCUT2D eigenvalue weighted by Gasteiger charge is -2.21. The normalized spacial score (nSPS) is 26.5. The first-order chi connectivity index (χ1) is 8.18. The molecule has 0 bridgehead atoms. The largest absolute Gasteiger partial charge is 0.294 e. The van der Waals surface area contributed by atoms with Gasteiger partial charge in [0.1, 0.15) is 0 Å². The lowest BCUT2D eigenvalue weighted by atomic mass is 9.83. The van der Waals surface area contributed by atoms with E-state index in [0.29, 0.717) is 17.4 Å². The molecule has 0 saturated carbocycles. The number of hydrogen-bond acceptors (Lipinski definition) is 1. The van der Waals surface area contributed by atoms with Gasteiger partial charge in [-0.3, -0.25) is 4.79 Å². The van der Waals surface area contributed by atoms with Crippen molar-refractivity contribution in [1.82, 2.24) is 0 Å². The van der Waals surface area contributed by atoms with Crippen LogP contribution in [-0.2, 0) is 4.79 Å². The van der Waals surface area contributed by atoms with Crippen molar-refractivity contribution in [3.05, 3.63) is 65.5 Å². The summed E-state index contributed by atoms with van der Waals surface area (Å²) in [5, 5.41) is 0. The quantitative estimate of drug-likeness (QED) is 0.656. The van der Waals surface area contributed by atoms with Crippen molar-refractivity contribution in [2.24, 2.45) is 11.8 Å². The van der Waals surface area contributed by atoms with E-state index in [2.05, 4.69) is 37.0 Å². The van der Waals surface area contributed by atoms with Gasteiger partial charge in [-0.2, -0.15) is 0 Å². The summed E-state index contributed by atoms with van der Waals surface area (Å²) in [6.07, 6.45) is 16.3. The van der Waals surface area contributed by atoms with Gasteiger partial charge in [-0.15, -0.1) is 5.73 Å². The highest BCUT2D eigenvalue weighted by atomic mass is 16.1. The molecular formula is C16H16O. The highest BCUT2D eigenvalue weighted by Crippen LogP contribution is 2.28. The van der Waals surface area contributed by atoms with Gasteiger partial charge < -0.3 is 0 Å². The van der Waals surface area contributed by atoms with Gasteiger partial charge in [0, 0.05) is 5.92 Å². The Morgan fingerprint density at radius 2 is 2.00 bits per heavy atom. The van der Waals surface area contributed by atoms with Crippen LogP contribution in [0.3, 0.4) is 0 Å². The van der Waals surface area contributed by atoms with Crippen molar-refractivity contribution in [1.29, 1.82) is 0 Å². The summed E-state index contributed by atoms with van der Waals surface area (Å²) in [4.78, 5) is 11.3. The minimum atomic E-state index is 0.0549. The number of allylic oxidation sites excluding steroid dienone is 9. The van der Waals surface area contributed by atoms with Crippen LogP contribution in [0.15, 0.2) is 65.5 Å². The van der Waals surface area contributed by atoms with Crippen molar-refractivity contribution in [2.75, 3.05) is 0 Å². The molecule has 0 spiro atoms. The van der Waals surface area contributed by atoms with Gasteiger partial charge in [0.15, 0.2) is 5.78 Å². The average molecular weight is 224 g/mol. The Labute approximate surface area is 102 Å². The highest BCUT2D eigenvalue weighted by Gasteiger charge is 2.17. The van der Waals surface area contributed by atoms with Crippen LogP contribution < -0.4 is 0 Å². The Balaban J connectivity index is 2.23. The van der Waals surface area contributed by atoms with Gasteiger partial charge in [0.2, 0.25) is 0 Å². The Hall–Kier alpha value is -1.85. The summed E-state index contributed by atoms with van der Waals surface area (Å²) < 4.78 is 0. The van der Waals surface area contributed by atoms with E-state index >= 15 is 0 Å². The number of hydrogen-bond donors (Lipinski definition) is 0. The summed E-state index contributed by atoms with van der Waals surface area (Å²) in [6, 6.07) is 0. The van der Waals surface area contributed by atoms with Crippen LogP contribution in [0.1, 0.15) is 13.8 Å². The number of Topliss-reactive ketones (excluding diaryl/α,β-unsaturated/α-hetero) is 1. The molecule has 0 aromatic carbocycles. The van der Waals surface area contributed by atoms with Crippen molar-refractivity contribution in [3.63, 3.8) is 0 Å². The lowest BCUT2D eigenvalue weighted by molar-refractivity contribution is -0.113. The topological polar surface area (TPSA) is 17.1 Å². The number of ketones is 1. The third kappa shape index (κ3) is 2.64. The smallest absolute Gasteiger partial charge is 0.167 e. The summed E-state index contributed by atoms with van der Waals surface area (Å²) in [6.45, 7) is 3.77. The molecule has 0 radical (unpaired) electrons. The van der Waals surface area contributed by atoms with Crippen molar-refractivity contribution < 1.29 is 4.79 Å². The standard InChI is InChI=1S/C16H16O/c1-12-6-3-4-9-16(12)15-8-5-7-14(10-11-15)13(2)17/h3-6,8-12,16H,1-2H3. The highest BCUT2D eigenvalue weighted by molar-refractivity contribution is 5.96. The third-order valence-electron chi connectivity index (χ3n) is 3.13. The SMILES string of the molecule is CC(=O)C1=C=CC=C(C2C=CC=CC2C)C=C1. The van der Waals surface area contributed by atoms with E-state index in [9.17, 15) is 4.79 Å². The summed E-state index contributed by atoms with van der Waals surface area (Å²) >= 11 is 0. The zero-order valence-electron chi connectivity index (χ0n) is 10.2. The van der Waals surface area contributed by atoms with E-state index in [0.717, 1.165) is 0 Å². The van der Waals surface area contributed by atoms with Gasteiger partial charge in [-0.05, 0) is 30.6 Å². The van der Waals surface area contributed by atoms with E-state index in [4.69, 9.17) is 0 Å². The van der Waals surface area contributed by atoms with Crippen LogP contribution in [0, 0.1) is 11.8 Å². The third-order valence-corrected chi connectivity index (χ3v) is 3.13. The molecule has 17 heavy (non-hydrogen) atoms. The molecule has 0 aliphatic heterocycles. The fourth-order valence-electron chi connectivity index (χ4n) is 2.09. The molecule has 1 nitrogen and oxygen atoms in total. The molecule has 2 atom stereocenters. The first-order valence-electron chi connectivity index (χ1n) is 5.89. The minimum absolute atomic E-state index is 0.0549. The van der Waals surface area contributed by atoms with E-state index in [1.165, 1.54) is 5.57 Å². The zero-order chi connectivity index (χ0) is 12.3. The molecule has 2 aliphatic rings. The van der Waals surface area contributed by atoms with Crippen LogP contribution in [0.5, 0.6) is 0 Å². The Bertz CT molecular complexity index is 506. The second-order valence-corrected chi connectivity index (χ2v) is 4.44. The van der Waals surface area contributed by atoms with Gasteiger partial charge in [-0.1, -0.05) is 43.4 Å². The molecule has 0 heterocycles. The predicted molar refractivity (Wildman–Crippen MR) is 70.4 cm³/mol. The molecule has 0 N–H and O–H groups in total. The van der Waals surface area contributed by atoms with Crippen LogP contribution in [-0.4, -0.2) is 5.78 Å². The van der Waals surface area contributed by atoms with E-state index < -0.39 is 0 Å². The second-order valence-electron chi connectivity index (χ2n) is 4.44. The molecule has 0 aromatic heterocycles. The maximum absolute atomic E-state index is 11.3. The maximum Gasteiger partial charge on any atom is 0.167 e. The average Bonchev–Trinajstić information content (AvgIpc) is 2.55. The van der Waals surface area contributed by atoms with E-state index in [1.807, 2.05) is 24.3 Å². The molecule has 2 unspecified atom stereocenters. The molecule has 86 valence electrons. The molecule has 0 fully saturated rings. The van der Waals surface area contributed by atoms with Crippen LogP contribution in [0.4, 0.5) is 0 Å². The van der Waals surface area contributed by atoms with Crippen molar-refractivity contribution in [3.8, 4) is 0 Å².